The molecule has 3 N–H and O–H groups in total. The molecular weight excluding hydrogens is 422 g/mol. The van der Waals surface area contributed by atoms with Crippen LogP contribution in [0.3, 0.4) is 0 Å². The first-order valence-electron chi connectivity index (χ1n) is 8.33. The summed E-state index contributed by atoms with van der Waals surface area (Å²) in [6.07, 6.45) is -7.45. The number of pyridine rings is 1. The van der Waals surface area contributed by atoms with E-state index in [-0.39, 0.29) is 31.9 Å². The molecule has 0 amide bonds. The fraction of sp³-hybridized carbons (Fsp3) is 0.438. The van der Waals surface area contributed by atoms with E-state index >= 15 is 0 Å². The van der Waals surface area contributed by atoms with E-state index in [0.717, 1.165) is 22.8 Å². The van der Waals surface area contributed by atoms with Crippen LogP contribution in [0.1, 0.15) is 16.3 Å². The van der Waals surface area contributed by atoms with Gasteiger partial charge in [-0.3, -0.25) is 4.99 Å². The van der Waals surface area contributed by atoms with Gasteiger partial charge in [-0.05, 0) is 12.1 Å². The molecule has 2 aromatic heterocycles. The van der Waals surface area contributed by atoms with Crippen molar-refractivity contribution < 1.29 is 26.3 Å². The van der Waals surface area contributed by atoms with Gasteiger partial charge in [0.1, 0.15) is 5.82 Å². The highest BCUT2D eigenvalue weighted by Gasteiger charge is 2.34. The Morgan fingerprint density at radius 1 is 1.07 bits per heavy atom. The maximum atomic E-state index is 12.9. The Morgan fingerprint density at radius 2 is 1.79 bits per heavy atom. The monoisotopic (exact) mass is 440 g/mol. The van der Waals surface area contributed by atoms with Gasteiger partial charge in [-0.2, -0.15) is 26.3 Å². The molecule has 0 aromatic carbocycles. The lowest BCUT2D eigenvalue weighted by Crippen LogP contribution is -2.40. The maximum absolute atomic E-state index is 12.9. The van der Waals surface area contributed by atoms with Gasteiger partial charge in [0, 0.05) is 44.7 Å². The first kappa shape index (κ1) is 22.7. The van der Waals surface area contributed by atoms with Crippen molar-refractivity contribution in [3.05, 3.63) is 40.0 Å². The van der Waals surface area contributed by atoms with Gasteiger partial charge in [0.05, 0.1) is 10.6 Å². The van der Waals surface area contributed by atoms with Gasteiger partial charge in [-0.25, -0.2) is 9.97 Å². The summed E-state index contributed by atoms with van der Waals surface area (Å²) in [6, 6.07) is 2.14. The maximum Gasteiger partial charge on any atom is 0.434 e. The van der Waals surface area contributed by atoms with Crippen LogP contribution in [0, 0.1) is 0 Å². The third-order valence-corrected chi connectivity index (χ3v) is 4.43. The number of anilines is 1. The summed E-state index contributed by atoms with van der Waals surface area (Å²) in [5, 5.41) is 9.68. The highest BCUT2D eigenvalue weighted by atomic mass is 32.1. The van der Waals surface area contributed by atoms with Crippen molar-refractivity contribution in [3.8, 4) is 0 Å². The molecule has 0 saturated carbocycles. The van der Waals surface area contributed by atoms with E-state index in [2.05, 4.69) is 30.9 Å². The predicted octanol–water partition coefficient (Wildman–Crippen LogP) is 3.40. The van der Waals surface area contributed by atoms with E-state index < -0.39 is 23.6 Å². The Bertz CT molecular complexity index is 817. The molecule has 0 spiro atoms. The number of nitrogens with one attached hydrogen (secondary N) is 3. The highest BCUT2D eigenvalue weighted by molar-refractivity contribution is 7.09. The van der Waals surface area contributed by atoms with Gasteiger partial charge in [-0.15, -0.1) is 11.3 Å². The van der Waals surface area contributed by atoms with Gasteiger partial charge in [0.2, 0.25) is 0 Å². The summed E-state index contributed by atoms with van der Waals surface area (Å²) in [5.41, 5.74) is -1.77. The average Bonchev–Trinajstić information content (AvgIpc) is 3.12. The lowest BCUT2D eigenvalue weighted by atomic mass is 10.2. The largest absolute Gasteiger partial charge is 0.434 e. The molecule has 0 fully saturated rings. The van der Waals surface area contributed by atoms with Crippen molar-refractivity contribution in [2.24, 2.45) is 4.99 Å². The summed E-state index contributed by atoms with van der Waals surface area (Å²) in [5.74, 6) is 0.0884. The second-order valence-corrected chi connectivity index (χ2v) is 6.57. The number of hydrogen-bond acceptors (Lipinski definition) is 5. The summed E-state index contributed by atoms with van der Waals surface area (Å²) in [7, 11) is 1.49. The molecule has 2 aromatic rings. The van der Waals surface area contributed by atoms with Crippen LogP contribution in [0.15, 0.2) is 28.7 Å². The van der Waals surface area contributed by atoms with Crippen molar-refractivity contribution in [1.29, 1.82) is 0 Å². The number of rotatable bonds is 7. The number of alkyl halides is 6. The molecule has 0 aliphatic carbocycles. The van der Waals surface area contributed by atoms with Crippen LogP contribution < -0.4 is 16.0 Å². The van der Waals surface area contributed by atoms with Crippen LogP contribution in [0.2, 0.25) is 0 Å². The molecule has 2 heterocycles. The number of thiazole rings is 1. The third kappa shape index (κ3) is 7.07. The lowest BCUT2D eigenvalue weighted by molar-refractivity contribution is -0.141. The first-order valence-corrected chi connectivity index (χ1v) is 9.21. The van der Waals surface area contributed by atoms with Crippen molar-refractivity contribution >= 4 is 23.1 Å². The molecule has 160 valence electrons. The van der Waals surface area contributed by atoms with Crippen LogP contribution in [-0.2, 0) is 18.8 Å². The second kappa shape index (κ2) is 9.76. The zero-order valence-electron chi connectivity index (χ0n) is 15.2. The molecule has 0 atom stereocenters. The minimum Gasteiger partial charge on any atom is -0.368 e. The quantitative estimate of drug-likeness (QED) is 0.266. The Balaban J connectivity index is 1.74. The minimum atomic E-state index is -4.51. The molecule has 13 heteroatoms. The number of aromatic nitrogens is 2. The molecule has 0 bridgehead atoms. The molecule has 0 radical (unpaired) electrons. The van der Waals surface area contributed by atoms with Crippen LogP contribution in [0.5, 0.6) is 0 Å². The molecule has 0 saturated heterocycles. The Morgan fingerprint density at radius 3 is 2.41 bits per heavy atom. The summed E-state index contributed by atoms with van der Waals surface area (Å²) in [6.45, 7) is 0.668. The van der Waals surface area contributed by atoms with Gasteiger partial charge in [0.15, 0.2) is 11.7 Å². The standard InChI is InChI=1S/C16H18F6N6S/c1-23-14(26-6-4-12-28-11(9-29-12)16(20,21)22)27-8-7-25-13-10(15(17,18)19)3-2-5-24-13/h2-3,5,9H,4,6-8H2,1H3,(H,24,25)(H2,23,26,27). The van der Waals surface area contributed by atoms with Crippen LogP contribution in [0.25, 0.3) is 0 Å². The van der Waals surface area contributed by atoms with E-state index in [9.17, 15) is 26.3 Å². The Kier molecular flexibility index (Phi) is 7.65. The van der Waals surface area contributed by atoms with Crippen molar-refractivity contribution in [3.63, 3.8) is 0 Å². The molecular formula is C16H18F6N6S. The first-order chi connectivity index (χ1) is 13.6. The zero-order valence-corrected chi connectivity index (χ0v) is 16.0. The molecule has 0 unspecified atom stereocenters. The van der Waals surface area contributed by atoms with Crippen LogP contribution in [0.4, 0.5) is 32.2 Å². The van der Waals surface area contributed by atoms with E-state index in [0.29, 0.717) is 11.0 Å². The number of hydrogen-bond donors (Lipinski definition) is 3. The average molecular weight is 440 g/mol. The minimum absolute atomic E-state index is 0.141. The highest BCUT2D eigenvalue weighted by Crippen LogP contribution is 2.33. The topological polar surface area (TPSA) is 74.2 Å². The van der Waals surface area contributed by atoms with Gasteiger partial charge in [0.25, 0.3) is 0 Å². The van der Waals surface area contributed by atoms with E-state index in [1.54, 1.807) is 0 Å². The molecule has 29 heavy (non-hydrogen) atoms. The van der Waals surface area contributed by atoms with E-state index in [1.165, 1.54) is 19.3 Å². The van der Waals surface area contributed by atoms with Crippen molar-refractivity contribution in [1.82, 2.24) is 20.6 Å². The Labute approximate surface area is 166 Å². The molecule has 0 aliphatic rings. The smallest absolute Gasteiger partial charge is 0.368 e. The van der Waals surface area contributed by atoms with Gasteiger partial charge in [-0.1, -0.05) is 0 Å². The number of guanidine groups is 1. The van der Waals surface area contributed by atoms with Crippen LogP contribution in [-0.4, -0.2) is 42.6 Å². The van der Waals surface area contributed by atoms with E-state index in [4.69, 9.17) is 0 Å². The third-order valence-electron chi connectivity index (χ3n) is 3.52. The SMILES string of the molecule is CN=C(NCCNc1ncccc1C(F)(F)F)NCCc1nc(C(F)(F)F)cs1. The van der Waals surface area contributed by atoms with Gasteiger partial charge < -0.3 is 16.0 Å². The van der Waals surface area contributed by atoms with Gasteiger partial charge >= 0.3 is 12.4 Å². The molecule has 6 nitrogen and oxygen atoms in total. The number of halogens is 6. The second-order valence-electron chi connectivity index (χ2n) is 5.62. The van der Waals surface area contributed by atoms with Crippen LogP contribution >= 0.6 is 11.3 Å². The molecule has 2 rings (SSSR count). The van der Waals surface area contributed by atoms with Crippen molar-refractivity contribution in [2.45, 2.75) is 18.8 Å². The Hall–Kier alpha value is -2.57. The zero-order chi connectivity index (χ0) is 21.5. The normalized spacial score (nSPS) is 12.7. The summed E-state index contributed by atoms with van der Waals surface area (Å²) < 4.78 is 76.2. The predicted molar refractivity (Wildman–Crippen MR) is 97.9 cm³/mol. The van der Waals surface area contributed by atoms with E-state index in [1.807, 2.05) is 0 Å². The van der Waals surface area contributed by atoms with Crippen molar-refractivity contribution in [2.75, 3.05) is 32.0 Å². The number of nitrogens with zero attached hydrogens (tertiary/aromatic N) is 3. The molecule has 0 aliphatic heterocycles. The number of aliphatic imine (C=N–C) groups is 1. The fourth-order valence-corrected chi connectivity index (χ4v) is 3.01. The summed E-state index contributed by atoms with van der Waals surface area (Å²) in [4.78, 5) is 11.2. The lowest BCUT2D eigenvalue weighted by Gasteiger charge is -2.14. The fourth-order valence-electron chi connectivity index (χ4n) is 2.20. The summed E-state index contributed by atoms with van der Waals surface area (Å²) >= 11 is 0.918.